The van der Waals surface area contributed by atoms with Crippen molar-refractivity contribution < 1.29 is 43.8 Å². The van der Waals surface area contributed by atoms with Gasteiger partial charge in [0.15, 0.2) is 0 Å². The minimum Gasteiger partial charge on any atom is -0.481 e. The number of carboxylic acids is 2. The molecule has 4 atom stereocenters. The smallest absolute Gasteiger partial charge is 0.326 e. The van der Waals surface area contributed by atoms with E-state index in [1.165, 1.54) is 0 Å². The van der Waals surface area contributed by atoms with Crippen LogP contribution in [-0.4, -0.2) is 75.9 Å². The molecule has 5 amide bonds. The second kappa shape index (κ2) is 14.4. The molecule has 15 nitrogen and oxygen atoms in total. The molecule has 0 aliphatic heterocycles. The molecular weight excluding hydrogens is 456 g/mol. The summed E-state index contributed by atoms with van der Waals surface area (Å²) in [4.78, 5) is 81.9. The first-order valence-electron chi connectivity index (χ1n) is 10.3. The van der Waals surface area contributed by atoms with E-state index in [-0.39, 0.29) is 12.8 Å². The van der Waals surface area contributed by atoms with Crippen LogP contribution in [0.25, 0.3) is 0 Å². The highest BCUT2D eigenvalue weighted by atomic mass is 16.4. The number of primary amides is 2. The second-order valence-corrected chi connectivity index (χ2v) is 7.91. The van der Waals surface area contributed by atoms with E-state index < -0.39 is 90.8 Å². The first-order valence-corrected chi connectivity index (χ1v) is 10.3. The zero-order valence-electron chi connectivity index (χ0n) is 18.9. The molecule has 0 rings (SSSR count). The van der Waals surface area contributed by atoms with Crippen LogP contribution in [0.3, 0.4) is 0 Å². The maximum absolute atomic E-state index is 12.8. The summed E-state index contributed by atoms with van der Waals surface area (Å²) in [5.41, 5.74) is 15.8. The van der Waals surface area contributed by atoms with Gasteiger partial charge < -0.3 is 43.4 Å². The molecule has 0 aliphatic carbocycles. The number of carbonyl (C=O) groups excluding carboxylic acids is 5. The Hall–Kier alpha value is -3.75. The van der Waals surface area contributed by atoms with Crippen LogP contribution in [0.1, 0.15) is 46.0 Å². The SMILES string of the molecule is CC(C)C(NC(=O)C(N)CCC(N)=O)C(=O)NC(CC(N)=O)C(=O)NC(CCC(=O)O)C(=O)O. The second-order valence-electron chi connectivity index (χ2n) is 7.91. The van der Waals surface area contributed by atoms with E-state index in [0.29, 0.717) is 0 Å². The summed E-state index contributed by atoms with van der Waals surface area (Å²) in [6, 6.07) is -5.55. The van der Waals surface area contributed by atoms with Gasteiger partial charge >= 0.3 is 11.9 Å². The van der Waals surface area contributed by atoms with Crippen LogP contribution in [0, 0.1) is 5.92 Å². The summed E-state index contributed by atoms with van der Waals surface area (Å²) in [6.07, 6.45) is -1.91. The van der Waals surface area contributed by atoms with Crippen LogP contribution in [0.4, 0.5) is 0 Å². The van der Waals surface area contributed by atoms with Crippen LogP contribution in [0.5, 0.6) is 0 Å². The maximum Gasteiger partial charge on any atom is 0.326 e. The molecule has 0 aromatic heterocycles. The lowest BCUT2D eigenvalue weighted by atomic mass is 10.0. The molecule has 192 valence electrons. The first-order chi connectivity index (χ1) is 15.6. The van der Waals surface area contributed by atoms with Gasteiger partial charge in [-0.1, -0.05) is 13.8 Å². The number of carbonyl (C=O) groups is 7. The van der Waals surface area contributed by atoms with E-state index in [1.54, 1.807) is 13.8 Å². The molecule has 15 heteroatoms. The van der Waals surface area contributed by atoms with Crippen molar-refractivity contribution in [1.82, 2.24) is 16.0 Å². The van der Waals surface area contributed by atoms with Crippen molar-refractivity contribution in [3.63, 3.8) is 0 Å². The van der Waals surface area contributed by atoms with E-state index in [2.05, 4.69) is 16.0 Å². The number of hydrogen-bond acceptors (Lipinski definition) is 8. The largest absolute Gasteiger partial charge is 0.481 e. The lowest BCUT2D eigenvalue weighted by molar-refractivity contribution is -0.143. The molecule has 0 heterocycles. The van der Waals surface area contributed by atoms with Gasteiger partial charge in [0.05, 0.1) is 12.5 Å². The zero-order chi connectivity index (χ0) is 26.6. The summed E-state index contributed by atoms with van der Waals surface area (Å²) >= 11 is 0. The summed E-state index contributed by atoms with van der Waals surface area (Å²) in [5, 5.41) is 24.6. The van der Waals surface area contributed by atoms with E-state index >= 15 is 0 Å². The number of carboxylic acid groups (broad SMARTS) is 2. The van der Waals surface area contributed by atoms with Crippen molar-refractivity contribution in [2.24, 2.45) is 23.1 Å². The van der Waals surface area contributed by atoms with E-state index in [9.17, 15) is 38.7 Å². The predicted molar refractivity (Wildman–Crippen MR) is 115 cm³/mol. The number of nitrogens with two attached hydrogens (primary N) is 3. The van der Waals surface area contributed by atoms with E-state index in [0.717, 1.165) is 0 Å². The van der Waals surface area contributed by atoms with Crippen molar-refractivity contribution in [3.8, 4) is 0 Å². The van der Waals surface area contributed by atoms with Crippen LogP contribution < -0.4 is 33.2 Å². The Kier molecular flexibility index (Phi) is 12.8. The number of aliphatic carboxylic acids is 2. The van der Waals surface area contributed by atoms with Crippen LogP contribution in [0.15, 0.2) is 0 Å². The van der Waals surface area contributed by atoms with Gasteiger partial charge in [-0.3, -0.25) is 28.8 Å². The highest BCUT2D eigenvalue weighted by molar-refractivity contribution is 5.96. The van der Waals surface area contributed by atoms with Gasteiger partial charge in [-0.25, -0.2) is 4.79 Å². The third kappa shape index (κ3) is 11.8. The Bertz CT molecular complexity index is 801. The Morgan fingerprint density at radius 1 is 0.735 bits per heavy atom. The molecular formula is C19H32N6O9. The van der Waals surface area contributed by atoms with Crippen LogP contribution >= 0.6 is 0 Å². The quantitative estimate of drug-likeness (QED) is 0.106. The normalized spacial score (nSPS) is 14.2. The third-order valence-corrected chi connectivity index (χ3v) is 4.59. The molecule has 0 saturated carbocycles. The minimum atomic E-state index is -1.60. The molecule has 0 radical (unpaired) electrons. The van der Waals surface area contributed by atoms with Gasteiger partial charge in [-0.05, 0) is 18.8 Å². The third-order valence-electron chi connectivity index (χ3n) is 4.59. The molecule has 11 N–H and O–H groups in total. The minimum absolute atomic E-state index is 0.0623. The van der Waals surface area contributed by atoms with Gasteiger partial charge in [0.2, 0.25) is 29.5 Å². The fourth-order valence-corrected chi connectivity index (χ4v) is 2.69. The van der Waals surface area contributed by atoms with Crippen LogP contribution in [-0.2, 0) is 33.6 Å². The Balaban J connectivity index is 5.43. The Morgan fingerprint density at radius 2 is 1.29 bits per heavy atom. The lowest BCUT2D eigenvalue weighted by Gasteiger charge is -2.26. The average Bonchev–Trinajstić information content (AvgIpc) is 2.70. The van der Waals surface area contributed by atoms with Crippen molar-refractivity contribution in [3.05, 3.63) is 0 Å². The Morgan fingerprint density at radius 3 is 1.74 bits per heavy atom. The number of hydrogen-bond donors (Lipinski definition) is 8. The average molecular weight is 488 g/mol. The maximum atomic E-state index is 12.8. The summed E-state index contributed by atoms with van der Waals surface area (Å²) in [7, 11) is 0. The van der Waals surface area contributed by atoms with Gasteiger partial charge in [0.25, 0.3) is 0 Å². The fraction of sp³-hybridized carbons (Fsp3) is 0.632. The van der Waals surface area contributed by atoms with E-state index in [1.807, 2.05) is 0 Å². The molecule has 0 aliphatic rings. The summed E-state index contributed by atoms with van der Waals surface area (Å²) in [6.45, 7) is 3.16. The van der Waals surface area contributed by atoms with Crippen molar-refractivity contribution >= 4 is 41.5 Å². The molecule has 0 spiro atoms. The van der Waals surface area contributed by atoms with Crippen LogP contribution in [0.2, 0.25) is 0 Å². The van der Waals surface area contributed by atoms with Crippen molar-refractivity contribution in [2.45, 2.75) is 70.1 Å². The first kappa shape index (κ1) is 30.2. The predicted octanol–water partition coefficient (Wildman–Crippen LogP) is -3.49. The van der Waals surface area contributed by atoms with Crippen molar-refractivity contribution in [2.75, 3.05) is 0 Å². The number of amides is 5. The summed E-state index contributed by atoms with van der Waals surface area (Å²) < 4.78 is 0. The lowest BCUT2D eigenvalue weighted by Crippen LogP contribution is -2.59. The zero-order valence-corrected chi connectivity index (χ0v) is 18.9. The molecule has 34 heavy (non-hydrogen) atoms. The van der Waals surface area contributed by atoms with Gasteiger partial charge in [0.1, 0.15) is 18.1 Å². The van der Waals surface area contributed by atoms with Gasteiger partial charge in [-0.15, -0.1) is 0 Å². The molecule has 0 bridgehead atoms. The molecule has 0 aromatic carbocycles. The fourth-order valence-electron chi connectivity index (χ4n) is 2.69. The standard InChI is InChI=1S/C19H32N6O9/c1-8(2)15(25-16(30)9(20)3-5-12(21)26)18(32)24-11(7-13(22)27)17(31)23-10(19(33)34)4-6-14(28)29/h8-11,15H,3-7,20H2,1-2H3,(H2,21,26)(H2,22,27)(H,23,31)(H,24,32)(H,25,30)(H,28,29)(H,33,34). The summed E-state index contributed by atoms with van der Waals surface area (Å²) in [5.74, 6) is -7.69. The van der Waals surface area contributed by atoms with Gasteiger partial charge in [0, 0.05) is 12.8 Å². The molecule has 4 unspecified atom stereocenters. The monoisotopic (exact) mass is 488 g/mol. The number of nitrogens with one attached hydrogen (secondary N) is 3. The Labute approximate surface area is 195 Å². The highest BCUT2D eigenvalue weighted by Crippen LogP contribution is 2.06. The molecule has 0 saturated heterocycles. The van der Waals surface area contributed by atoms with Crippen molar-refractivity contribution in [1.29, 1.82) is 0 Å². The molecule has 0 fully saturated rings. The van der Waals surface area contributed by atoms with E-state index in [4.69, 9.17) is 22.3 Å². The highest BCUT2D eigenvalue weighted by Gasteiger charge is 2.32. The molecule has 0 aromatic rings. The topological polar surface area (TPSA) is 274 Å². The number of rotatable bonds is 16. The van der Waals surface area contributed by atoms with Gasteiger partial charge in [-0.2, -0.15) is 0 Å².